The van der Waals surface area contributed by atoms with Gasteiger partial charge in [-0.05, 0) is 11.8 Å². The number of hydrogen-bond donors (Lipinski definition) is 0. The summed E-state index contributed by atoms with van der Waals surface area (Å²) in [4.78, 5) is 7.41. The molecule has 0 atom stereocenters. The van der Waals surface area contributed by atoms with Crippen LogP contribution in [0.5, 0.6) is 0 Å². The Morgan fingerprint density at radius 2 is 1.46 bits per heavy atom. The van der Waals surface area contributed by atoms with Gasteiger partial charge in [-0.2, -0.15) is 0 Å². The van der Waals surface area contributed by atoms with Crippen molar-refractivity contribution in [2.45, 2.75) is 53.9 Å². The van der Waals surface area contributed by atoms with Gasteiger partial charge >= 0.3 is 0 Å². The molecule has 0 aliphatic carbocycles. The average molecular weight is 478 g/mol. The molecule has 0 saturated heterocycles. The molecule has 0 bridgehead atoms. The van der Waals surface area contributed by atoms with E-state index in [2.05, 4.69) is 35.0 Å². The van der Waals surface area contributed by atoms with E-state index in [0.29, 0.717) is 21.0 Å². The van der Waals surface area contributed by atoms with Crippen molar-refractivity contribution in [3.8, 4) is 0 Å². The molecule has 0 rings (SSSR count). The topological polar surface area (TPSA) is 27.7 Å². The molecule has 24 heavy (non-hydrogen) atoms. The molecule has 3 nitrogen and oxygen atoms in total. The second kappa shape index (κ2) is 17.5. The molecule has 0 spiro atoms. The molecular weight excluding hydrogens is 452 g/mol. The molecule has 0 amide bonds. The van der Waals surface area contributed by atoms with Crippen molar-refractivity contribution in [1.29, 1.82) is 0 Å². The molecule has 0 aliphatic heterocycles. The molecule has 0 heterocycles. The zero-order valence-electron chi connectivity index (χ0n) is 14.9. The first-order valence-electron chi connectivity index (χ1n) is 7.07. The maximum Gasteiger partial charge on any atom is 0.0744 e. The first-order valence-corrected chi connectivity index (χ1v) is 9.62. The van der Waals surface area contributed by atoms with Gasteiger partial charge in [0, 0.05) is 34.9 Å². The first-order chi connectivity index (χ1) is 10.5. The van der Waals surface area contributed by atoms with Crippen molar-refractivity contribution in [2.24, 2.45) is 5.41 Å². The van der Waals surface area contributed by atoms with Crippen LogP contribution in [0.1, 0.15) is 53.9 Å². The molecular formula is C15H26CuO3S5-4. The van der Waals surface area contributed by atoms with Crippen LogP contribution in [0.4, 0.5) is 0 Å². The monoisotopic (exact) mass is 477 g/mol. The van der Waals surface area contributed by atoms with Crippen LogP contribution in [0.3, 0.4) is 0 Å². The average Bonchev–Trinajstić information content (AvgIpc) is 2.42. The van der Waals surface area contributed by atoms with Crippen LogP contribution >= 0.6 is 12.0 Å². The van der Waals surface area contributed by atoms with E-state index in [4.69, 9.17) is 50.5 Å². The summed E-state index contributed by atoms with van der Waals surface area (Å²) in [6.07, 6.45) is 3.37. The fraction of sp³-hybridized carbons (Fsp3) is 0.733. The van der Waals surface area contributed by atoms with Crippen LogP contribution < -0.4 is 0 Å². The fourth-order valence-corrected chi connectivity index (χ4v) is 2.20. The third-order valence-corrected chi connectivity index (χ3v) is 4.90. The number of allylic oxidation sites excluding steroid dienone is 3. The van der Waals surface area contributed by atoms with Gasteiger partial charge in [0.1, 0.15) is 0 Å². The van der Waals surface area contributed by atoms with E-state index in [1.807, 2.05) is 6.92 Å². The van der Waals surface area contributed by atoms with Gasteiger partial charge in [0.25, 0.3) is 0 Å². The standard InChI is InChI=1S/C10H20S2.C5H10O3S3.Cu/c1-8(11)9(12)6-5-7-10(2,3)4;1-4(9)5(10)3-11-8-7-6-2;/h11-12H,5-7H2,1-4H3;9-10H,3H2,1-2H3;/p-4/b9-8-;5-4-;. The minimum absolute atomic E-state index is 0. The molecule has 9 heteroatoms. The second-order valence-corrected chi connectivity index (χ2v) is 8.81. The molecule has 0 unspecified atom stereocenters. The maximum atomic E-state index is 5.13. The Kier molecular flexibility index (Phi) is 21.8. The predicted molar refractivity (Wildman–Crippen MR) is 110 cm³/mol. The Morgan fingerprint density at radius 3 is 1.83 bits per heavy atom. The molecule has 0 aromatic rings. The Hall–Kier alpha value is 1.11. The summed E-state index contributed by atoms with van der Waals surface area (Å²) in [5.74, 6) is 0.508. The minimum Gasteiger partial charge on any atom is -0.786 e. The summed E-state index contributed by atoms with van der Waals surface area (Å²) >= 11 is 20.9. The van der Waals surface area contributed by atoms with E-state index >= 15 is 0 Å². The van der Waals surface area contributed by atoms with Gasteiger partial charge in [-0.25, -0.2) is 24.5 Å². The first kappa shape index (κ1) is 29.9. The summed E-state index contributed by atoms with van der Waals surface area (Å²) in [5, 5.41) is 4.12. The van der Waals surface area contributed by atoms with Gasteiger partial charge in [-0.15, -0.1) is 4.33 Å². The zero-order chi connectivity index (χ0) is 18.5. The third-order valence-electron chi connectivity index (χ3n) is 2.45. The Balaban J connectivity index is -0.000000354. The van der Waals surface area contributed by atoms with Crippen molar-refractivity contribution in [2.75, 3.05) is 12.9 Å². The summed E-state index contributed by atoms with van der Waals surface area (Å²) in [7, 11) is 1.35. The van der Waals surface area contributed by atoms with Gasteiger partial charge in [-0.3, -0.25) is 0 Å². The number of hydrogen-bond acceptors (Lipinski definition) is 8. The van der Waals surface area contributed by atoms with E-state index in [0.717, 1.165) is 34.7 Å². The maximum absolute atomic E-state index is 5.13. The van der Waals surface area contributed by atoms with Crippen LogP contribution in [0.25, 0.3) is 0 Å². The SMILES string of the molecule is C/C([S-])=C(/[S-])CCCC(C)(C)C.COOOSC/C([S-])=C(\C)[S-].[Cu]. The molecule has 0 aromatic heterocycles. The van der Waals surface area contributed by atoms with Gasteiger partial charge in [0.05, 0.1) is 7.11 Å². The smallest absolute Gasteiger partial charge is 0.0744 e. The molecule has 0 saturated carbocycles. The Bertz CT molecular complexity index is 374. The van der Waals surface area contributed by atoms with Crippen LogP contribution in [0.2, 0.25) is 0 Å². The summed E-state index contributed by atoms with van der Waals surface area (Å²) in [5.41, 5.74) is 0.422. The molecule has 0 fully saturated rings. The number of rotatable bonds is 8. The van der Waals surface area contributed by atoms with E-state index < -0.39 is 0 Å². The molecule has 149 valence electrons. The van der Waals surface area contributed by atoms with Gasteiger partial charge in [0.2, 0.25) is 0 Å². The van der Waals surface area contributed by atoms with E-state index in [9.17, 15) is 0 Å². The van der Waals surface area contributed by atoms with E-state index in [1.54, 1.807) is 6.92 Å². The largest absolute Gasteiger partial charge is 0.786 e. The quantitative estimate of drug-likeness (QED) is 0.120. The summed E-state index contributed by atoms with van der Waals surface area (Å²) < 4.78 is 4.45. The fourth-order valence-electron chi connectivity index (χ4n) is 1.18. The van der Waals surface area contributed by atoms with Crippen molar-refractivity contribution in [3.63, 3.8) is 0 Å². The summed E-state index contributed by atoms with van der Waals surface area (Å²) in [6, 6.07) is 0. The van der Waals surface area contributed by atoms with E-state index in [1.165, 1.54) is 13.5 Å². The minimum atomic E-state index is 0. The second-order valence-electron chi connectivity index (χ2n) is 5.94. The molecule has 0 aromatic carbocycles. The van der Waals surface area contributed by atoms with Crippen molar-refractivity contribution in [3.05, 3.63) is 19.6 Å². The van der Waals surface area contributed by atoms with Crippen molar-refractivity contribution >= 4 is 62.6 Å². The third kappa shape index (κ3) is 23.1. The predicted octanol–water partition coefficient (Wildman–Crippen LogP) is 5.00. The van der Waals surface area contributed by atoms with E-state index in [-0.39, 0.29) is 17.1 Å². The Morgan fingerprint density at radius 1 is 0.958 bits per heavy atom. The molecule has 0 N–H and O–H groups in total. The summed E-state index contributed by atoms with van der Waals surface area (Å²) in [6.45, 7) is 10.4. The Labute approximate surface area is 184 Å². The van der Waals surface area contributed by atoms with Crippen LogP contribution in [-0.4, -0.2) is 12.9 Å². The molecule has 1 radical (unpaired) electrons. The van der Waals surface area contributed by atoms with Gasteiger partial charge in [0.15, 0.2) is 0 Å². The van der Waals surface area contributed by atoms with Crippen LogP contribution in [-0.2, 0) is 81.8 Å². The van der Waals surface area contributed by atoms with Crippen LogP contribution in [0, 0.1) is 5.41 Å². The zero-order valence-corrected chi connectivity index (χ0v) is 19.9. The van der Waals surface area contributed by atoms with Crippen LogP contribution in [0.15, 0.2) is 19.6 Å². The van der Waals surface area contributed by atoms with Gasteiger partial charge < -0.3 is 50.5 Å². The molecule has 0 aliphatic rings. The normalized spacial score (nSPS) is 13.1. The van der Waals surface area contributed by atoms with Crippen molar-refractivity contribution < 1.29 is 31.3 Å². The van der Waals surface area contributed by atoms with Gasteiger partial charge in [-0.1, -0.05) is 52.5 Å². The van der Waals surface area contributed by atoms with Crippen molar-refractivity contribution in [1.82, 2.24) is 0 Å².